The van der Waals surface area contributed by atoms with Gasteiger partial charge in [0.05, 0.1) is 0 Å². The maximum atomic E-state index is 5.64. The van der Waals surface area contributed by atoms with Crippen LogP contribution in [-0.4, -0.2) is 30.3 Å². The van der Waals surface area contributed by atoms with Crippen molar-refractivity contribution in [1.29, 1.82) is 0 Å². The molecule has 124 valence electrons. The van der Waals surface area contributed by atoms with Gasteiger partial charge in [0.25, 0.3) is 0 Å². The number of nitrogens with zero attached hydrogens (tertiary/aromatic N) is 1. The summed E-state index contributed by atoms with van der Waals surface area (Å²) in [5.74, 6) is 1.86. The Kier molecular flexibility index (Phi) is 3.64. The van der Waals surface area contributed by atoms with Gasteiger partial charge in [0.15, 0.2) is 11.5 Å². The largest absolute Gasteiger partial charge is 0.454 e. The molecule has 3 aliphatic heterocycles. The van der Waals surface area contributed by atoms with E-state index in [-0.39, 0.29) is 0 Å². The van der Waals surface area contributed by atoms with Crippen molar-refractivity contribution in [2.75, 3.05) is 19.9 Å². The molecular weight excluding hydrogens is 286 g/mol. The summed E-state index contributed by atoms with van der Waals surface area (Å²) in [5.41, 5.74) is 6.42. The number of allylic oxidation sites excluding steroid dienone is 1. The molecule has 0 saturated carbocycles. The van der Waals surface area contributed by atoms with Gasteiger partial charge in [0.1, 0.15) is 0 Å². The monoisotopic (exact) mass is 313 g/mol. The molecule has 1 fully saturated rings. The zero-order valence-corrected chi connectivity index (χ0v) is 14.6. The smallest absolute Gasteiger partial charge is 0.231 e. The Bertz CT molecular complexity index is 664. The summed E-state index contributed by atoms with van der Waals surface area (Å²) in [6, 6.07) is 4.48. The summed E-state index contributed by atoms with van der Waals surface area (Å²) in [6.45, 7) is 9.15. The van der Waals surface area contributed by atoms with Crippen LogP contribution in [0.4, 0.5) is 0 Å². The van der Waals surface area contributed by atoms with Crippen LogP contribution in [0.5, 0.6) is 11.5 Å². The summed E-state index contributed by atoms with van der Waals surface area (Å²) in [5, 5.41) is 0. The Morgan fingerprint density at radius 3 is 2.61 bits per heavy atom. The van der Waals surface area contributed by atoms with Gasteiger partial charge in [0.2, 0.25) is 6.79 Å². The van der Waals surface area contributed by atoms with E-state index in [0.29, 0.717) is 12.3 Å². The second-order valence-corrected chi connectivity index (χ2v) is 6.89. The van der Waals surface area contributed by atoms with Crippen LogP contribution < -0.4 is 9.47 Å². The second kappa shape index (κ2) is 5.55. The van der Waals surface area contributed by atoms with Gasteiger partial charge >= 0.3 is 0 Å². The molecule has 0 bridgehead atoms. The molecular formula is C20H27NO2. The van der Waals surface area contributed by atoms with Gasteiger partial charge in [-0.3, -0.25) is 4.90 Å². The minimum atomic E-state index is 0.322. The predicted molar refractivity (Wildman–Crippen MR) is 93.0 cm³/mol. The first-order valence-corrected chi connectivity index (χ1v) is 9.16. The lowest BCUT2D eigenvalue weighted by Crippen LogP contribution is -2.42. The van der Waals surface area contributed by atoms with Gasteiger partial charge in [-0.2, -0.15) is 0 Å². The Hall–Kier alpha value is -1.48. The van der Waals surface area contributed by atoms with Crippen molar-refractivity contribution in [3.05, 3.63) is 28.8 Å². The third kappa shape index (κ3) is 2.06. The van der Waals surface area contributed by atoms with Crippen molar-refractivity contribution in [2.45, 2.75) is 58.4 Å². The van der Waals surface area contributed by atoms with Crippen molar-refractivity contribution < 1.29 is 9.47 Å². The van der Waals surface area contributed by atoms with Gasteiger partial charge in [-0.15, -0.1) is 0 Å². The van der Waals surface area contributed by atoms with Gasteiger partial charge in [-0.25, -0.2) is 0 Å². The fraction of sp³-hybridized carbons (Fsp3) is 0.600. The van der Waals surface area contributed by atoms with E-state index in [1.807, 2.05) is 13.8 Å². The molecule has 0 amide bonds. The molecule has 5 rings (SSSR count). The molecule has 3 nitrogen and oxygen atoms in total. The lowest BCUT2D eigenvalue weighted by Gasteiger charge is -2.36. The molecule has 4 aliphatic rings. The van der Waals surface area contributed by atoms with Gasteiger partial charge in [-0.05, 0) is 74.4 Å². The van der Waals surface area contributed by atoms with Crippen LogP contribution in [0.25, 0.3) is 5.57 Å². The standard InChI is InChI=1S/C18H21NO2.C2H6/c1-12-3-6-18-5-2-7-19(18)8-4-13-9-15-16(21-11-20-15)10-14(13)17(12)18;1-2/h9-10H,2-8,11H2,1H3;1-2H3. The summed E-state index contributed by atoms with van der Waals surface area (Å²) in [4.78, 5) is 2.76. The van der Waals surface area contributed by atoms with Gasteiger partial charge < -0.3 is 9.47 Å². The maximum Gasteiger partial charge on any atom is 0.231 e. The zero-order chi connectivity index (χ0) is 16.0. The van der Waals surface area contributed by atoms with E-state index < -0.39 is 0 Å². The Labute approximate surface area is 139 Å². The molecule has 0 aromatic heterocycles. The highest BCUT2D eigenvalue weighted by molar-refractivity contribution is 5.82. The normalized spacial score (nSPS) is 27.8. The topological polar surface area (TPSA) is 21.7 Å². The lowest BCUT2D eigenvalue weighted by molar-refractivity contribution is 0.173. The second-order valence-electron chi connectivity index (χ2n) is 6.89. The van der Waals surface area contributed by atoms with Gasteiger partial charge in [-0.1, -0.05) is 19.4 Å². The molecule has 1 unspecified atom stereocenters. The third-order valence-corrected chi connectivity index (χ3v) is 5.95. The number of rotatable bonds is 0. The number of fused-ring (bicyclic) bond motifs is 3. The van der Waals surface area contributed by atoms with Crippen LogP contribution >= 0.6 is 0 Å². The van der Waals surface area contributed by atoms with E-state index >= 15 is 0 Å². The van der Waals surface area contributed by atoms with Crippen LogP contribution in [0, 0.1) is 0 Å². The van der Waals surface area contributed by atoms with Crippen molar-refractivity contribution in [1.82, 2.24) is 4.90 Å². The van der Waals surface area contributed by atoms with E-state index in [4.69, 9.17) is 9.47 Å². The average molecular weight is 313 g/mol. The summed E-state index contributed by atoms with van der Waals surface area (Å²) < 4.78 is 11.2. The highest BCUT2D eigenvalue weighted by Crippen LogP contribution is 2.54. The third-order valence-electron chi connectivity index (χ3n) is 5.95. The highest BCUT2D eigenvalue weighted by Gasteiger charge is 2.49. The van der Waals surface area contributed by atoms with E-state index in [9.17, 15) is 0 Å². The molecule has 1 aromatic rings. The molecule has 1 saturated heterocycles. The molecule has 1 atom stereocenters. The fourth-order valence-corrected chi connectivity index (χ4v) is 5.03. The van der Waals surface area contributed by atoms with Crippen molar-refractivity contribution in [3.63, 3.8) is 0 Å². The molecule has 1 spiro atoms. The summed E-state index contributed by atoms with van der Waals surface area (Å²) >= 11 is 0. The number of benzene rings is 1. The number of hydrogen-bond donors (Lipinski definition) is 0. The van der Waals surface area contributed by atoms with Crippen molar-refractivity contribution in [3.8, 4) is 11.5 Å². The number of ether oxygens (including phenoxy) is 2. The Morgan fingerprint density at radius 2 is 1.78 bits per heavy atom. The van der Waals surface area contributed by atoms with Gasteiger partial charge in [0, 0.05) is 12.1 Å². The van der Waals surface area contributed by atoms with Crippen LogP contribution in [0.1, 0.15) is 57.6 Å². The molecule has 0 radical (unpaired) electrons. The molecule has 1 aliphatic carbocycles. The maximum absolute atomic E-state index is 5.64. The highest BCUT2D eigenvalue weighted by atomic mass is 16.7. The van der Waals surface area contributed by atoms with Crippen LogP contribution in [0.3, 0.4) is 0 Å². The number of hydrogen-bond acceptors (Lipinski definition) is 3. The van der Waals surface area contributed by atoms with E-state index in [1.54, 1.807) is 11.1 Å². The average Bonchev–Trinajstić information content (AvgIpc) is 3.25. The zero-order valence-electron chi connectivity index (χ0n) is 14.6. The Morgan fingerprint density at radius 1 is 1.00 bits per heavy atom. The first-order valence-electron chi connectivity index (χ1n) is 9.16. The van der Waals surface area contributed by atoms with Crippen molar-refractivity contribution in [2.24, 2.45) is 0 Å². The first kappa shape index (κ1) is 15.1. The quantitative estimate of drug-likeness (QED) is 0.708. The van der Waals surface area contributed by atoms with Crippen LogP contribution in [-0.2, 0) is 6.42 Å². The minimum absolute atomic E-state index is 0.322. The molecule has 3 heteroatoms. The molecule has 1 aromatic carbocycles. The summed E-state index contributed by atoms with van der Waals surface area (Å²) in [7, 11) is 0. The first-order chi connectivity index (χ1) is 11.3. The summed E-state index contributed by atoms with van der Waals surface area (Å²) in [6.07, 6.45) is 6.36. The van der Waals surface area contributed by atoms with Crippen LogP contribution in [0.15, 0.2) is 17.7 Å². The van der Waals surface area contributed by atoms with E-state index in [2.05, 4.69) is 24.0 Å². The molecule has 23 heavy (non-hydrogen) atoms. The van der Waals surface area contributed by atoms with E-state index in [1.165, 1.54) is 49.9 Å². The molecule has 0 N–H and O–H groups in total. The Balaban J connectivity index is 0.000000652. The lowest BCUT2D eigenvalue weighted by atomic mass is 9.83. The predicted octanol–water partition coefficient (Wildman–Crippen LogP) is 4.40. The van der Waals surface area contributed by atoms with Crippen molar-refractivity contribution >= 4 is 5.57 Å². The molecule has 3 heterocycles. The fourth-order valence-electron chi connectivity index (χ4n) is 5.03. The van der Waals surface area contributed by atoms with Crippen LogP contribution in [0.2, 0.25) is 0 Å². The SMILES string of the molecule is CC.CC1=C2c3cc4c(cc3CCN3CCCC23CC1)OCO4. The minimum Gasteiger partial charge on any atom is -0.454 e. The van der Waals surface area contributed by atoms with E-state index in [0.717, 1.165) is 17.9 Å².